The van der Waals surface area contributed by atoms with Gasteiger partial charge in [-0.05, 0) is 24.6 Å². The lowest BCUT2D eigenvalue weighted by Gasteiger charge is -2.18. The van der Waals surface area contributed by atoms with E-state index in [4.69, 9.17) is 4.74 Å². The molecule has 0 aliphatic rings. The molecule has 21 heavy (non-hydrogen) atoms. The van der Waals surface area contributed by atoms with Crippen molar-refractivity contribution in [3.05, 3.63) is 59.8 Å². The number of carbonyl (C=O) groups is 1. The number of nitrogens with one attached hydrogen (secondary N) is 1. The molecule has 0 radical (unpaired) electrons. The Bertz CT molecular complexity index is 587. The molecule has 0 spiro atoms. The zero-order valence-corrected chi connectivity index (χ0v) is 11.8. The molecule has 1 aromatic carbocycles. The topological polar surface area (TPSA) is 71.5 Å². The number of hydrogen-bond donors (Lipinski definition) is 2. The Morgan fingerprint density at radius 3 is 2.71 bits per heavy atom. The minimum absolute atomic E-state index is 0.108. The van der Waals surface area contributed by atoms with Crippen molar-refractivity contribution in [1.29, 1.82) is 0 Å². The summed E-state index contributed by atoms with van der Waals surface area (Å²) in [6, 6.07) is 12.5. The van der Waals surface area contributed by atoms with Crippen molar-refractivity contribution >= 4 is 11.8 Å². The third kappa shape index (κ3) is 3.79. The minimum Gasteiger partial charge on any atom is -0.462 e. The highest BCUT2D eigenvalue weighted by Gasteiger charge is 2.17. The van der Waals surface area contributed by atoms with Crippen molar-refractivity contribution in [2.24, 2.45) is 0 Å². The standard InChI is InChI=1S/C16H18N2O3/c1-2-21-16(20)13-9-6-10-17-15(13)18-14(11-19)12-7-4-3-5-8-12/h3-10,14,19H,2,11H2,1H3,(H,17,18). The number of aliphatic hydroxyl groups excluding tert-OH is 1. The van der Waals surface area contributed by atoms with E-state index in [0.717, 1.165) is 5.56 Å². The summed E-state index contributed by atoms with van der Waals surface area (Å²) in [5, 5.41) is 12.7. The molecule has 0 saturated carbocycles. The Balaban J connectivity index is 2.24. The first-order chi connectivity index (χ1) is 10.3. The van der Waals surface area contributed by atoms with E-state index in [1.54, 1.807) is 25.3 Å². The second-order valence-corrected chi connectivity index (χ2v) is 4.41. The fraction of sp³-hybridized carbons (Fsp3) is 0.250. The van der Waals surface area contributed by atoms with Crippen molar-refractivity contribution in [3.8, 4) is 0 Å². The number of rotatable bonds is 6. The molecule has 0 fully saturated rings. The van der Waals surface area contributed by atoms with E-state index >= 15 is 0 Å². The van der Waals surface area contributed by atoms with E-state index in [1.165, 1.54) is 0 Å². The molecular weight excluding hydrogens is 268 g/mol. The second kappa shape index (κ2) is 7.40. The fourth-order valence-corrected chi connectivity index (χ4v) is 1.98. The lowest BCUT2D eigenvalue weighted by molar-refractivity contribution is 0.0527. The molecule has 1 aromatic heterocycles. The highest BCUT2D eigenvalue weighted by molar-refractivity contribution is 5.94. The van der Waals surface area contributed by atoms with Gasteiger partial charge in [-0.3, -0.25) is 0 Å². The van der Waals surface area contributed by atoms with Gasteiger partial charge in [0, 0.05) is 6.20 Å². The SMILES string of the molecule is CCOC(=O)c1cccnc1NC(CO)c1ccccc1. The van der Waals surface area contributed by atoms with E-state index < -0.39 is 5.97 Å². The predicted octanol–water partition coefficient (Wildman–Crippen LogP) is 2.40. The number of benzene rings is 1. The van der Waals surface area contributed by atoms with E-state index in [0.29, 0.717) is 18.0 Å². The zero-order chi connectivity index (χ0) is 15.1. The van der Waals surface area contributed by atoms with Gasteiger partial charge in [-0.15, -0.1) is 0 Å². The Hall–Kier alpha value is -2.40. The maximum Gasteiger partial charge on any atom is 0.341 e. The first kappa shape index (κ1) is 15.0. The van der Waals surface area contributed by atoms with Gasteiger partial charge in [-0.1, -0.05) is 30.3 Å². The lowest BCUT2D eigenvalue weighted by atomic mass is 10.1. The Labute approximate surface area is 123 Å². The summed E-state index contributed by atoms with van der Waals surface area (Å²) in [7, 11) is 0. The molecule has 1 heterocycles. The molecule has 1 unspecified atom stereocenters. The first-order valence-electron chi connectivity index (χ1n) is 6.80. The molecule has 110 valence electrons. The van der Waals surface area contributed by atoms with Gasteiger partial charge in [0.25, 0.3) is 0 Å². The number of ether oxygens (including phenoxy) is 1. The molecule has 0 saturated heterocycles. The third-order valence-corrected chi connectivity index (χ3v) is 3.00. The Morgan fingerprint density at radius 1 is 1.29 bits per heavy atom. The molecule has 0 bridgehead atoms. The molecule has 0 amide bonds. The fourth-order valence-electron chi connectivity index (χ4n) is 1.98. The highest BCUT2D eigenvalue weighted by Crippen LogP contribution is 2.21. The van der Waals surface area contributed by atoms with Gasteiger partial charge in [0.2, 0.25) is 0 Å². The van der Waals surface area contributed by atoms with Crippen LogP contribution in [0.15, 0.2) is 48.7 Å². The largest absolute Gasteiger partial charge is 0.462 e. The summed E-state index contributed by atoms with van der Waals surface area (Å²) in [6.07, 6.45) is 1.59. The van der Waals surface area contributed by atoms with E-state index in [9.17, 15) is 9.90 Å². The number of nitrogens with zero attached hydrogens (tertiary/aromatic N) is 1. The number of aliphatic hydroxyl groups is 1. The van der Waals surface area contributed by atoms with Crippen LogP contribution in [0.3, 0.4) is 0 Å². The molecule has 2 rings (SSSR count). The molecule has 2 aromatic rings. The van der Waals surface area contributed by atoms with Gasteiger partial charge < -0.3 is 15.2 Å². The summed E-state index contributed by atoms with van der Waals surface area (Å²) in [4.78, 5) is 16.1. The number of pyridine rings is 1. The van der Waals surface area contributed by atoms with Crippen LogP contribution in [0.1, 0.15) is 28.9 Å². The first-order valence-corrected chi connectivity index (χ1v) is 6.80. The highest BCUT2D eigenvalue weighted by atomic mass is 16.5. The quantitative estimate of drug-likeness (QED) is 0.798. The summed E-state index contributed by atoms with van der Waals surface area (Å²) < 4.78 is 5.01. The zero-order valence-electron chi connectivity index (χ0n) is 11.8. The van der Waals surface area contributed by atoms with Gasteiger partial charge in [0.05, 0.1) is 19.3 Å². The average Bonchev–Trinajstić information content (AvgIpc) is 2.54. The van der Waals surface area contributed by atoms with Crippen LogP contribution in [0.4, 0.5) is 5.82 Å². The van der Waals surface area contributed by atoms with E-state index in [-0.39, 0.29) is 12.6 Å². The maximum atomic E-state index is 11.9. The number of esters is 1. The van der Waals surface area contributed by atoms with Crippen LogP contribution in [-0.2, 0) is 4.74 Å². The van der Waals surface area contributed by atoms with Gasteiger partial charge in [0.1, 0.15) is 11.4 Å². The maximum absolute atomic E-state index is 11.9. The van der Waals surface area contributed by atoms with Crippen molar-refractivity contribution in [2.45, 2.75) is 13.0 Å². The van der Waals surface area contributed by atoms with Crippen LogP contribution in [0.2, 0.25) is 0 Å². The minimum atomic E-state index is -0.433. The van der Waals surface area contributed by atoms with Crippen LogP contribution in [-0.4, -0.2) is 29.3 Å². The summed E-state index contributed by atoms with van der Waals surface area (Å²) in [5.74, 6) is -0.0308. The van der Waals surface area contributed by atoms with Crippen molar-refractivity contribution < 1.29 is 14.6 Å². The summed E-state index contributed by atoms with van der Waals surface area (Å²) in [5.41, 5.74) is 1.27. The van der Waals surface area contributed by atoms with Crippen LogP contribution in [0, 0.1) is 0 Å². The molecule has 0 aliphatic heterocycles. The van der Waals surface area contributed by atoms with E-state index in [1.807, 2.05) is 30.3 Å². The lowest BCUT2D eigenvalue weighted by Crippen LogP contribution is -2.18. The Morgan fingerprint density at radius 2 is 2.05 bits per heavy atom. The molecule has 0 aliphatic carbocycles. The van der Waals surface area contributed by atoms with E-state index in [2.05, 4.69) is 10.3 Å². The van der Waals surface area contributed by atoms with Crippen LogP contribution in [0.5, 0.6) is 0 Å². The van der Waals surface area contributed by atoms with Gasteiger partial charge in [-0.2, -0.15) is 0 Å². The van der Waals surface area contributed by atoms with Crippen LogP contribution < -0.4 is 5.32 Å². The number of anilines is 1. The van der Waals surface area contributed by atoms with Crippen molar-refractivity contribution in [3.63, 3.8) is 0 Å². The van der Waals surface area contributed by atoms with Crippen LogP contribution >= 0.6 is 0 Å². The van der Waals surface area contributed by atoms with Crippen molar-refractivity contribution in [2.75, 3.05) is 18.5 Å². The molecule has 2 N–H and O–H groups in total. The number of hydrogen-bond acceptors (Lipinski definition) is 5. The predicted molar refractivity (Wildman–Crippen MR) is 80.1 cm³/mol. The Kier molecular flexibility index (Phi) is 5.29. The smallest absolute Gasteiger partial charge is 0.341 e. The van der Waals surface area contributed by atoms with Gasteiger partial charge >= 0.3 is 5.97 Å². The summed E-state index contributed by atoms with van der Waals surface area (Å²) >= 11 is 0. The molecular formula is C16H18N2O3. The monoisotopic (exact) mass is 286 g/mol. The molecule has 1 atom stereocenters. The van der Waals surface area contributed by atoms with Crippen molar-refractivity contribution in [1.82, 2.24) is 4.98 Å². The van der Waals surface area contributed by atoms with Crippen LogP contribution in [0.25, 0.3) is 0 Å². The second-order valence-electron chi connectivity index (χ2n) is 4.41. The molecule has 5 nitrogen and oxygen atoms in total. The van der Waals surface area contributed by atoms with Gasteiger partial charge in [-0.25, -0.2) is 9.78 Å². The number of carbonyl (C=O) groups excluding carboxylic acids is 1. The average molecular weight is 286 g/mol. The van der Waals surface area contributed by atoms with Gasteiger partial charge in [0.15, 0.2) is 0 Å². The normalized spacial score (nSPS) is 11.7. The number of aromatic nitrogens is 1. The third-order valence-electron chi connectivity index (χ3n) is 3.00. The molecule has 5 heteroatoms. The summed E-state index contributed by atoms with van der Waals surface area (Å²) in [6.45, 7) is 1.94.